The minimum Gasteiger partial charge on any atom is -0.496 e. The standard InChI is InChI=1S/C34H38O8/c1-34(2,3)42-33(39)30-24(18-23-20(14-11-16-27(23)40-4)26(36)15-7-6-10-17-35)29-25(19-28(30)41-5)31(37)21-12-8-9-13-22(21)32(29)38/h8-9,11-14,16,19,26,35-36H,6-7,10,15,17-18H2,1-5H3. The molecule has 3 aromatic carbocycles. The topological polar surface area (TPSA) is 119 Å². The van der Waals surface area contributed by atoms with Crippen LogP contribution in [-0.2, 0) is 11.2 Å². The number of hydrogen-bond acceptors (Lipinski definition) is 8. The maximum absolute atomic E-state index is 14.1. The van der Waals surface area contributed by atoms with Crippen molar-refractivity contribution in [1.29, 1.82) is 0 Å². The predicted octanol–water partition coefficient (Wildman–Crippen LogP) is 5.61. The smallest absolute Gasteiger partial charge is 0.342 e. The number of esters is 1. The Morgan fingerprint density at radius 2 is 1.50 bits per heavy atom. The van der Waals surface area contributed by atoms with Crippen molar-refractivity contribution in [3.63, 3.8) is 0 Å². The van der Waals surface area contributed by atoms with Gasteiger partial charge in [-0.2, -0.15) is 0 Å². The summed E-state index contributed by atoms with van der Waals surface area (Å²) < 4.78 is 17.1. The van der Waals surface area contributed by atoms with Crippen LogP contribution in [0.15, 0.2) is 48.5 Å². The number of hydrogen-bond donors (Lipinski definition) is 2. The van der Waals surface area contributed by atoms with Crippen LogP contribution in [0.25, 0.3) is 0 Å². The summed E-state index contributed by atoms with van der Waals surface area (Å²) in [4.78, 5) is 41.5. The molecule has 1 atom stereocenters. The van der Waals surface area contributed by atoms with E-state index in [1.165, 1.54) is 20.3 Å². The van der Waals surface area contributed by atoms with E-state index in [9.17, 15) is 19.5 Å². The number of rotatable bonds is 11. The maximum atomic E-state index is 14.1. The van der Waals surface area contributed by atoms with Crippen LogP contribution in [-0.4, -0.2) is 54.2 Å². The summed E-state index contributed by atoms with van der Waals surface area (Å²) in [6, 6.07) is 13.4. The zero-order chi connectivity index (χ0) is 30.6. The van der Waals surface area contributed by atoms with Gasteiger partial charge < -0.3 is 24.4 Å². The van der Waals surface area contributed by atoms with Crippen LogP contribution < -0.4 is 9.47 Å². The van der Waals surface area contributed by atoms with Crippen molar-refractivity contribution in [1.82, 2.24) is 0 Å². The number of benzene rings is 3. The molecule has 0 aliphatic heterocycles. The Bertz CT molecular complexity index is 1500. The second kappa shape index (κ2) is 12.9. The normalized spacial score (nSPS) is 13.3. The molecule has 8 heteroatoms. The van der Waals surface area contributed by atoms with Crippen LogP contribution in [0.4, 0.5) is 0 Å². The first-order valence-corrected chi connectivity index (χ1v) is 14.1. The fourth-order valence-electron chi connectivity index (χ4n) is 5.43. The predicted molar refractivity (Wildman–Crippen MR) is 158 cm³/mol. The lowest BCUT2D eigenvalue weighted by atomic mass is 9.78. The summed E-state index contributed by atoms with van der Waals surface area (Å²) in [7, 11) is 2.91. The van der Waals surface area contributed by atoms with Crippen LogP contribution in [0.1, 0.15) is 111 Å². The Balaban J connectivity index is 1.96. The molecule has 0 saturated carbocycles. The minimum atomic E-state index is -0.863. The largest absolute Gasteiger partial charge is 0.496 e. The fourth-order valence-corrected chi connectivity index (χ4v) is 5.43. The number of ketones is 2. The van der Waals surface area contributed by atoms with E-state index < -0.39 is 17.7 Å². The molecule has 2 N–H and O–H groups in total. The zero-order valence-corrected chi connectivity index (χ0v) is 24.8. The molecule has 0 radical (unpaired) electrons. The third-order valence-electron chi connectivity index (χ3n) is 7.34. The van der Waals surface area contributed by atoms with Crippen LogP contribution >= 0.6 is 0 Å². The number of carbonyl (C=O) groups is 3. The number of methoxy groups -OCH3 is 2. The molecule has 1 aliphatic rings. The Morgan fingerprint density at radius 1 is 0.833 bits per heavy atom. The van der Waals surface area contributed by atoms with Crippen molar-refractivity contribution in [3.05, 3.63) is 93.0 Å². The molecule has 0 bridgehead atoms. The van der Waals surface area contributed by atoms with Gasteiger partial charge in [-0.25, -0.2) is 4.79 Å². The van der Waals surface area contributed by atoms with Crippen LogP contribution in [0, 0.1) is 0 Å². The second-order valence-corrected chi connectivity index (χ2v) is 11.4. The highest BCUT2D eigenvalue weighted by atomic mass is 16.6. The molecule has 1 unspecified atom stereocenters. The molecule has 0 heterocycles. The van der Waals surface area contributed by atoms with E-state index in [1.54, 1.807) is 63.2 Å². The third-order valence-corrected chi connectivity index (χ3v) is 7.34. The van der Waals surface area contributed by atoms with Crippen LogP contribution in [0.3, 0.4) is 0 Å². The number of aliphatic hydroxyl groups excluding tert-OH is 2. The summed E-state index contributed by atoms with van der Waals surface area (Å²) in [5, 5.41) is 20.4. The van der Waals surface area contributed by atoms with Gasteiger partial charge in [-0.05, 0) is 56.9 Å². The molecule has 0 fully saturated rings. The van der Waals surface area contributed by atoms with E-state index in [2.05, 4.69) is 0 Å². The maximum Gasteiger partial charge on any atom is 0.342 e. The van der Waals surface area contributed by atoms with Gasteiger partial charge in [0.25, 0.3) is 0 Å². The first-order chi connectivity index (χ1) is 20.0. The van der Waals surface area contributed by atoms with Gasteiger partial charge in [0.1, 0.15) is 22.7 Å². The summed E-state index contributed by atoms with van der Waals surface area (Å²) in [5.41, 5.74) is 1.40. The SMILES string of the molecule is COc1cccc(C(O)CCCCCO)c1Cc1c(C(=O)OC(C)(C)C)c(OC)cc2c1C(=O)c1ccccc1C2=O. The number of ether oxygens (including phenoxy) is 3. The monoisotopic (exact) mass is 574 g/mol. The highest BCUT2D eigenvalue weighted by Crippen LogP contribution is 2.40. The average molecular weight is 575 g/mol. The number of unbranched alkanes of at least 4 members (excludes halogenated alkanes) is 2. The van der Waals surface area contributed by atoms with E-state index in [0.717, 1.165) is 6.42 Å². The molecule has 1 aliphatic carbocycles. The van der Waals surface area contributed by atoms with Gasteiger partial charge >= 0.3 is 5.97 Å². The van der Waals surface area contributed by atoms with Crippen molar-refractivity contribution >= 4 is 17.5 Å². The molecule has 0 spiro atoms. The summed E-state index contributed by atoms with van der Waals surface area (Å²) >= 11 is 0. The van der Waals surface area contributed by atoms with Gasteiger partial charge in [-0.1, -0.05) is 49.2 Å². The molecule has 3 aromatic rings. The van der Waals surface area contributed by atoms with Crippen molar-refractivity contribution in [2.75, 3.05) is 20.8 Å². The quantitative estimate of drug-likeness (QED) is 0.175. The van der Waals surface area contributed by atoms with E-state index in [4.69, 9.17) is 19.3 Å². The minimum absolute atomic E-state index is 0.0116. The van der Waals surface area contributed by atoms with Gasteiger partial charge in [-0.3, -0.25) is 9.59 Å². The molecule has 0 saturated heterocycles. The van der Waals surface area contributed by atoms with Gasteiger partial charge in [-0.15, -0.1) is 0 Å². The molecule has 0 aromatic heterocycles. The van der Waals surface area contributed by atoms with Gasteiger partial charge in [0.05, 0.1) is 20.3 Å². The summed E-state index contributed by atoms with van der Waals surface area (Å²) in [5.74, 6) is -0.858. The number of fused-ring (bicyclic) bond motifs is 2. The highest BCUT2D eigenvalue weighted by Gasteiger charge is 2.37. The van der Waals surface area contributed by atoms with E-state index >= 15 is 0 Å². The average Bonchev–Trinajstić information content (AvgIpc) is 2.96. The van der Waals surface area contributed by atoms with Crippen molar-refractivity contribution < 1.29 is 38.8 Å². The lowest BCUT2D eigenvalue weighted by Gasteiger charge is -2.27. The van der Waals surface area contributed by atoms with Crippen molar-refractivity contribution in [2.45, 2.75) is 64.6 Å². The zero-order valence-electron chi connectivity index (χ0n) is 24.8. The summed E-state index contributed by atoms with van der Waals surface area (Å²) in [6.07, 6.45) is 1.67. The van der Waals surface area contributed by atoms with Crippen molar-refractivity contribution in [2.24, 2.45) is 0 Å². The molecule has 8 nitrogen and oxygen atoms in total. The number of carbonyl (C=O) groups excluding carboxylic acids is 3. The van der Waals surface area contributed by atoms with Gasteiger partial charge in [0, 0.05) is 40.8 Å². The van der Waals surface area contributed by atoms with E-state index in [0.29, 0.717) is 36.1 Å². The fraction of sp³-hybridized carbons (Fsp3) is 0.382. The molecular weight excluding hydrogens is 536 g/mol. The molecule has 42 heavy (non-hydrogen) atoms. The number of aliphatic hydroxyl groups is 2. The lowest BCUT2D eigenvalue weighted by Crippen LogP contribution is -2.28. The Morgan fingerprint density at radius 3 is 2.12 bits per heavy atom. The van der Waals surface area contributed by atoms with E-state index in [-0.39, 0.29) is 63.7 Å². The Labute approximate surface area is 246 Å². The van der Waals surface area contributed by atoms with Crippen molar-refractivity contribution in [3.8, 4) is 11.5 Å². The molecule has 0 amide bonds. The third kappa shape index (κ3) is 6.25. The van der Waals surface area contributed by atoms with E-state index in [1.807, 2.05) is 0 Å². The lowest BCUT2D eigenvalue weighted by molar-refractivity contribution is 0.00651. The van der Waals surface area contributed by atoms with Crippen LogP contribution in [0.2, 0.25) is 0 Å². The highest BCUT2D eigenvalue weighted by molar-refractivity contribution is 6.29. The first kappa shape index (κ1) is 30.9. The first-order valence-electron chi connectivity index (χ1n) is 14.1. The molecule has 222 valence electrons. The van der Waals surface area contributed by atoms with Gasteiger partial charge in [0.15, 0.2) is 11.6 Å². The van der Waals surface area contributed by atoms with Gasteiger partial charge in [0.2, 0.25) is 0 Å². The second-order valence-electron chi connectivity index (χ2n) is 11.4. The van der Waals surface area contributed by atoms with Crippen LogP contribution in [0.5, 0.6) is 11.5 Å². The Kier molecular flexibility index (Phi) is 9.49. The molecular formula is C34H38O8. The summed E-state index contributed by atoms with van der Waals surface area (Å²) in [6.45, 7) is 5.31. The Hall–Kier alpha value is -4.01. The molecule has 4 rings (SSSR count).